The van der Waals surface area contributed by atoms with Gasteiger partial charge in [-0.15, -0.1) is 0 Å². The van der Waals surface area contributed by atoms with Crippen molar-refractivity contribution in [3.05, 3.63) is 6.20 Å². The summed E-state index contributed by atoms with van der Waals surface area (Å²) >= 11 is 0. The van der Waals surface area contributed by atoms with Gasteiger partial charge in [0.1, 0.15) is 6.04 Å². The number of nitrogens with two attached hydrogens (primary N) is 1. The van der Waals surface area contributed by atoms with Gasteiger partial charge in [0.25, 0.3) is 0 Å². The molecule has 4 N–H and O–H groups in total. The number of likely N-dealkylation sites (N-methyl/N-ethyl adjacent to an activating group) is 1. The Bertz CT molecular complexity index is 332. The third-order valence-corrected chi connectivity index (χ3v) is 1.85. The van der Waals surface area contributed by atoms with E-state index in [1.54, 1.807) is 31.9 Å². The van der Waals surface area contributed by atoms with Crippen LogP contribution in [0.1, 0.15) is 6.92 Å². The van der Waals surface area contributed by atoms with Gasteiger partial charge in [-0.2, -0.15) is 5.10 Å². The van der Waals surface area contributed by atoms with Gasteiger partial charge in [0.15, 0.2) is 5.82 Å². The van der Waals surface area contributed by atoms with Crippen molar-refractivity contribution < 1.29 is 4.79 Å². The number of hydrogen-bond donors (Lipinski definition) is 3. The van der Waals surface area contributed by atoms with Gasteiger partial charge in [0, 0.05) is 20.3 Å². The number of nitrogens with one attached hydrogen (secondary N) is 2. The van der Waals surface area contributed by atoms with Crippen LogP contribution in [0.3, 0.4) is 0 Å². The molecule has 78 valence electrons. The molecule has 1 unspecified atom stereocenters. The van der Waals surface area contributed by atoms with Crippen molar-refractivity contribution in [1.29, 1.82) is 0 Å². The number of anilines is 2. The highest BCUT2D eigenvalue weighted by Crippen LogP contribution is 2.14. The van der Waals surface area contributed by atoms with Crippen LogP contribution in [0.5, 0.6) is 0 Å². The second-order valence-electron chi connectivity index (χ2n) is 3.09. The number of carbonyl (C=O) groups excluding carboxylic acids is 1. The molecule has 1 aromatic heterocycles. The van der Waals surface area contributed by atoms with E-state index in [0.29, 0.717) is 11.5 Å². The van der Waals surface area contributed by atoms with Crippen molar-refractivity contribution in [3.8, 4) is 0 Å². The van der Waals surface area contributed by atoms with E-state index in [9.17, 15) is 4.79 Å². The number of amides is 1. The smallest absolute Gasteiger partial charge is 0.241 e. The molecule has 6 nitrogen and oxygen atoms in total. The van der Waals surface area contributed by atoms with Crippen molar-refractivity contribution in [2.45, 2.75) is 13.0 Å². The second-order valence-corrected chi connectivity index (χ2v) is 3.09. The van der Waals surface area contributed by atoms with Gasteiger partial charge in [-0.1, -0.05) is 0 Å². The lowest BCUT2D eigenvalue weighted by Crippen LogP contribution is -2.35. The molecule has 1 rings (SSSR count). The van der Waals surface area contributed by atoms with E-state index in [0.717, 1.165) is 0 Å². The van der Waals surface area contributed by atoms with E-state index in [2.05, 4.69) is 15.7 Å². The van der Waals surface area contributed by atoms with E-state index in [1.165, 1.54) is 0 Å². The van der Waals surface area contributed by atoms with Crippen LogP contribution in [0.4, 0.5) is 11.5 Å². The van der Waals surface area contributed by atoms with Gasteiger partial charge in [-0.25, -0.2) is 0 Å². The molecule has 14 heavy (non-hydrogen) atoms. The molecular formula is C8H15N5O. The maximum Gasteiger partial charge on any atom is 0.241 e. The van der Waals surface area contributed by atoms with Crippen molar-refractivity contribution in [2.24, 2.45) is 7.05 Å². The summed E-state index contributed by atoms with van der Waals surface area (Å²) in [5.41, 5.74) is 6.18. The third kappa shape index (κ3) is 2.15. The summed E-state index contributed by atoms with van der Waals surface area (Å²) in [4.78, 5) is 11.2. The molecule has 0 radical (unpaired) electrons. The van der Waals surface area contributed by atoms with Crippen LogP contribution in [0, 0.1) is 0 Å². The first kappa shape index (κ1) is 10.4. The molecule has 1 aromatic rings. The van der Waals surface area contributed by atoms with Crippen LogP contribution in [0.25, 0.3) is 0 Å². The van der Waals surface area contributed by atoms with Crippen LogP contribution < -0.4 is 16.4 Å². The Balaban J connectivity index is 2.69. The fraction of sp³-hybridized carbons (Fsp3) is 0.500. The molecule has 0 aliphatic heterocycles. The topological polar surface area (TPSA) is 85.0 Å². The zero-order chi connectivity index (χ0) is 10.7. The predicted octanol–water partition coefficient (Wildman–Crippen LogP) is -0.451. The Morgan fingerprint density at radius 2 is 2.36 bits per heavy atom. The average molecular weight is 197 g/mol. The minimum atomic E-state index is -0.350. The standard InChI is InChI=1S/C8H15N5O/c1-5(8(14)10-2)11-7-6(9)4-13(3)12-7/h4-5H,9H2,1-3H3,(H,10,14)(H,11,12). The molecule has 0 saturated heterocycles. The first-order valence-corrected chi connectivity index (χ1v) is 4.32. The first-order chi connectivity index (χ1) is 6.54. The fourth-order valence-corrected chi connectivity index (χ4v) is 1.11. The van der Waals surface area contributed by atoms with Crippen LogP contribution in [-0.4, -0.2) is 28.8 Å². The third-order valence-electron chi connectivity index (χ3n) is 1.85. The Morgan fingerprint density at radius 3 is 2.79 bits per heavy atom. The van der Waals surface area contributed by atoms with E-state index >= 15 is 0 Å². The largest absolute Gasteiger partial charge is 0.394 e. The molecule has 0 saturated carbocycles. The Hall–Kier alpha value is -1.72. The normalized spacial score (nSPS) is 12.2. The first-order valence-electron chi connectivity index (χ1n) is 4.32. The van der Waals surface area contributed by atoms with E-state index in [1.807, 2.05) is 0 Å². The van der Waals surface area contributed by atoms with Gasteiger partial charge in [0.2, 0.25) is 5.91 Å². The fourth-order valence-electron chi connectivity index (χ4n) is 1.11. The molecule has 1 heterocycles. The van der Waals surface area contributed by atoms with Gasteiger partial charge >= 0.3 is 0 Å². The Morgan fingerprint density at radius 1 is 1.71 bits per heavy atom. The van der Waals surface area contributed by atoms with E-state index < -0.39 is 0 Å². The van der Waals surface area contributed by atoms with E-state index in [-0.39, 0.29) is 11.9 Å². The minimum absolute atomic E-state index is 0.102. The summed E-state index contributed by atoms with van der Waals surface area (Å²) in [7, 11) is 3.36. The molecule has 6 heteroatoms. The molecule has 1 atom stereocenters. The van der Waals surface area contributed by atoms with Crippen molar-refractivity contribution >= 4 is 17.4 Å². The van der Waals surface area contributed by atoms with Crippen LogP contribution in [0.2, 0.25) is 0 Å². The SMILES string of the molecule is CNC(=O)C(C)Nc1nn(C)cc1N. The van der Waals surface area contributed by atoms with E-state index in [4.69, 9.17) is 5.73 Å². The lowest BCUT2D eigenvalue weighted by atomic mass is 10.3. The van der Waals surface area contributed by atoms with Gasteiger partial charge < -0.3 is 16.4 Å². The van der Waals surface area contributed by atoms with Crippen molar-refractivity contribution in [2.75, 3.05) is 18.1 Å². The van der Waals surface area contributed by atoms with Gasteiger partial charge in [-0.05, 0) is 6.92 Å². The predicted molar refractivity (Wildman–Crippen MR) is 54.8 cm³/mol. The summed E-state index contributed by atoms with van der Waals surface area (Å²) in [6.07, 6.45) is 1.68. The highest BCUT2D eigenvalue weighted by Gasteiger charge is 2.13. The molecule has 0 bridgehead atoms. The van der Waals surface area contributed by atoms with Crippen molar-refractivity contribution in [3.63, 3.8) is 0 Å². The number of rotatable bonds is 3. The zero-order valence-corrected chi connectivity index (χ0v) is 8.53. The monoisotopic (exact) mass is 197 g/mol. The lowest BCUT2D eigenvalue weighted by Gasteiger charge is -2.11. The molecule has 0 aliphatic rings. The molecular weight excluding hydrogens is 182 g/mol. The summed E-state index contributed by atoms with van der Waals surface area (Å²) in [6, 6.07) is -0.350. The highest BCUT2D eigenvalue weighted by atomic mass is 16.2. The number of hydrogen-bond acceptors (Lipinski definition) is 4. The minimum Gasteiger partial charge on any atom is -0.394 e. The summed E-state index contributed by atoms with van der Waals surface area (Å²) < 4.78 is 1.59. The highest BCUT2D eigenvalue weighted by molar-refractivity contribution is 5.84. The maximum absolute atomic E-state index is 11.2. The van der Waals surface area contributed by atoms with Crippen LogP contribution in [0.15, 0.2) is 6.20 Å². The number of carbonyl (C=O) groups is 1. The summed E-state index contributed by atoms with van der Waals surface area (Å²) in [6.45, 7) is 1.74. The number of aryl methyl sites for hydroxylation is 1. The quantitative estimate of drug-likeness (QED) is 0.612. The van der Waals surface area contributed by atoms with Crippen LogP contribution >= 0.6 is 0 Å². The number of nitrogens with zero attached hydrogens (tertiary/aromatic N) is 2. The average Bonchev–Trinajstić information content (AvgIpc) is 2.44. The molecule has 0 aliphatic carbocycles. The lowest BCUT2D eigenvalue weighted by molar-refractivity contribution is -0.121. The Kier molecular flexibility index (Phi) is 2.95. The summed E-state index contributed by atoms with van der Waals surface area (Å²) in [5.74, 6) is 0.429. The maximum atomic E-state index is 11.2. The molecule has 1 amide bonds. The molecule has 0 spiro atoms. The number of aromatic nitrogens is 2. The molecule has 0 aromatic carbocycles. The second kappa shape index (κ2) is 3.99. The Labute approximate surface area is 82.5 Å². The number of nitrogen functional groups attached to an aromatic ring is 1. The molecule has 0 fully saturated rings. The van der Waals surface area contributed by atoms with Gasteiger partial charge in [0.05, 0.1) is 5.69 Å². The van der Waals surface area contributed by atoms with Gasteiger partial charge in [-0.3, -0.25) is 9.48 Å². The zero-order valence-electron chi connectivity index (χ0n) is 8.53. The van der Waals surface area contributed by atoms with Crippen molar-refractivity contribution in [1.82, 2.24) is 15.1 Å². The van der Waals surface area contributed by atoms with Crippen LogP contribution in [-0.2, 0) is 11.8 Å². The summed E-state index contributed by atoms with van der Waals surface area (Å²) in [5, 5.41) is 9.51.